The highest BCUT2D eigenvalue weighted by molar-refractivity contribution is 9.11. The standard InChI is InChI=1S/C11H14BrNOS/c1-7-5-13-6-9(7)10(14)4-8-2-3-11(12)15-8/h2-3,7,9,13H,4-6H2,1H3. The Hall–Kier alpha value is -0.190. The number of hydrogen-bond acceptors (Lipinski definition) is 3. The number of carbonyl (C=O) groups is 1. The van der Waals surface area contributed by atoms with Crippen LogP contribution in [0.15, 0.2) is 15.9 Å². The van der Waals surface area contributed by atoms with Crippen LogP contribution in [0.5, 0.6) is 0 Å². The Kier molecular flexibility index (Phi) is 3.59. The summed E-state index contributed by atoms with van der Waals surface area (Å²) in [5.41, 5.74) is 0. The van der Waals surface area contributed by atoms with E-state index in [1.165, 1.54) is 0 Å². The summed E-state index contributed by atoms with van der Waals surface area (Å²) in [7, 11) is 0. The molecule has 1 fully saturated rings. The van der Waals surface area contributed by atoms with Crippen LogP contribution < -0.4 is 5.32 Å². The molecule has 0 spiro atoms. The number of hydrogen-bond donors (Lipinski definition) is 1. The van der Waals surface area contributed by atoms with Gasteiger partial charge in [-0.15, -0.1) is 11.3 Å². The third-order valence-corrected chi connectivity index (χ3v) is 4.53. The van der Waals surface area contributed by atoms with Gasteiger partial charge in [0.2, 0.25) is 0 Å². The molecule has 0 amide bonds. The van der Waals surface area contributed by atoms with Crippen molar-refractivity contribution in [2.24, 2.45) is 11.8 Å². The Bertz CT molecular complexity index is 363. The van der Waals surface area contributed by atoms with Crippen LogP contribution in [0.2, 0.25) is 0 Å². The molecule has 1 aromatic rings. The van der Waals surface area contributed by atoms with Crippen molar-refractivity contribution in [1.29, 1.82) is 0 Å². The smallest absolute Gasteiger partial charge is 0.142 e. The Morgan fingerprint density at radius 1 is 1.60 bits per heavy atom. The normalized spacial score (nSPS) is 25.7. The fourth-order valence-corrected chi connectivity index (χ4v) is 3.48. The number of halogens is 1. The molecule has 0 radical (unpaired) electrons. The van der Waals surface area contributed by atoms with Crippen LogP contribution in [-0.2, 0) is 11.2 Å². The Morgan fingerprint density at radius 2 is 2.40 bits per heavy atom. The molecule has 15 heavy (non-hydrogen) atoms. The second-order valence-corrected chi connectivity index (χ2v) is 6.64. The van der Waals surface area contributed by atoms with Crippen LogP contribution >= 0.6 is 27.3 Å². The van der Waals surface area contributed by atoms with E-state index in [0.717, 1.165) is 21.8 Å². The van der Waals surface area contributed by atoms with E-state index in [2.05, 4.69) is 28.2 Å². The Morgan fingerprint density at radius 3 is 2.93 bits per heavy atom. The highest BCUT2D eigenvalue weighted by Crippen LogP contribution is 2.25. The minimum atomic E-state index is 0.214. The molecule has 82 valence electrons. The summed E-state index contributed by atoms with van der Waals surface area (Å²) >= 11 is 5.06. The number of carbonyl (C=O) groups excluding carboxylic acids is 1. The quantitative estimate of drug-likeness (QED) is 0.926. The lowest BCUT2D eigenvalue weighted by atomic mass is 9.92. The topological polar surface area (TPSA) is 29.1 Å². The average molecular weight is 288 g/mol. The summed E-state index contributed by atoms with van der Waals surface area (Å²) in [6.07, 6.45) is 0.590. The molecular formula is C11H14BrNOS. The van der Waals surface area contributed by atoms with Gasteiger partial charge >= 0.3 is 0 Å². The zero-order valence-electron chi connectivity index (χ0n) is 8.63. The van der Waals surface area contributed by atoms with Crippen LogP contribution in [0.3, 0.4) is 0 Å². The largest absolute Gasteiger partial charge is 0.316 e. The molecule has 1 aliphatic rings. The molecule has 0 saturated carbocycles. The van der Waals surface area contributed by atoms with E-state index in [4.69, 9.17) is 0 Å². The lowest BCUT2D eigenvalue weighted by molar-refractivity contribution is -0.122. The van der Waals surface area contributed by atoms with Gasteiger partial charge in [0.15, 0.2) is 0 Å². The molecule has 2 nitrogen and oxygen atoms in total. The predicted octanol–water partition coefficient (Wildman–Crippen LogP) is 2.48. The Balaban J connectivity index is 1.97. The van der Waals surface area contributed by atoms with Crippen molar-refractivity contribution in [3.63, 3.8) is 0 Å². The molecule has 1 saturated heterocycles. The summed E-state index contributed by atoms with van der Waals surface area (Å²) in [4.78, 5) is 13.1. The van der Waals surface area contributed by atoms with Crippen LogP contribution in [0, 0.1) is 11.8 Å². The number of ketones is 1. The zero-order valence-corrected chi connectivity index (χ0v) is 11.0. The van der Waals surface area contributed by atoms with Gasteiger partial charge in [0, 0.05) is 23.8 Å². The van der Waals surface area contributed by atoms with E-state index in [1.807, 2.05) is 12.1 Å². The zero-order chi connectivity index (χ0) is 10.8. The average Bonchev–Trinajstić information content (AvgIpc) is 2.75. The van der Waals surface area contributed by atoms with Gasteiger partial charge in [0.1, 0.15) is 5.78 Å². The van der Waals surface area contributed by atoms with Crippen LogP contribution in [0.4, 0.5) is 0 Å². The van der Waals surface area contributed by atoms with Crippen molar-refractivity contribution < 1.29 is 4.79 Å². The second kappa shape index (κ2) is 4.76. The van der Waals surface area contributed by atoms with E-state index in [9.17, 15) is 4.79 Å². The maximum atomic E-state index is 12.0. The van der Waals surface area contributed by atoms with E-state index < -0.39 is 0 Å². The summed E-state index contributed by atoms with van der Waals surface area (Å²) in [6.45, 7) is 3.98. The third-order valence-electron chi connectivity index (χ3n) is 2.91. The fourth-order valence-electron chi connectivity index (χ4n) is 1.99. The molecule has 0 aliphatic carbocycles. The molecule has 1 aliphatic heterocycles. The van der Waals surface area contributed by atoms with E-state index in [1.54, 1.807) is 11.3 Å². The molecule has 2 unspecified atom stereocenters. The molecule has 4 heteroatoms. The predicted molar refractivity (Wildman–Crippen MR) is 66.3 cm³/mol. The first kappa shape index (κ1) is 11.3. The monoisotopic (exact) mass is 287 g/mol. The van der Waals surface area contributed by atoms with Crippen molar-refractivity contribution >= 4 is 33.0 Å². The SMILES string of the molecule is CC1CNCC1C(=O)Cc1ccc(Br)s1. The highest BCUT2D eigenvalue weighted by Gasteiger charge is 2.29. The lowest BCUT2D eigenvalue weighted by Crippen LogP contribution is -2.22. The summed E-state index contributed by atoms with van der Waals surface area (Å²) in [5.74, 6) is 1.08. The number of rotatable bonds is 3. The van der Waals surface area contributed by atoms with Crippen molar-refractivity contribution in [2.75, 3.05) is 13.1 Å². The molecule has 2 atom stereocenters. The lowest BCUT2D eigenvalue weighted by Gasteiger charge is -2.11. The van der Waals surface area contributed by atoms with Crippen molar-refractivity contribution in [3.8, 4) is 0 Å². The summed E-state index contributed by atoms with van der Waals surface area (Å²) in [6, 6.07) is 4.03. The van der Waals surface area contributed by atoms with Crippen LogP contribution in [-0.4, -0.2) is 18.9 Å². The maximum absolute atomic E-state index is 12.0. The number of nitrogens with one attached hydrogen (secondary N) is 1. The van der Waals surface area contributed by atoms with Gasteiger partial charge in [-0.2, -0.15) is 0 Å². The van der Waals surface area contributed by atoms with Crippen molar-refractivity contribution in [3.05, 3.63) is 20.8 Å². The van der Waals surface area contributed by atoms with Gasteiger partial charge in [-0.3, -0.25) is 4.79 Å². The van der Waals surface area contributed by atoms with Gasteiger partial charge in [0.05, 0.1) is 3.79 Å². The molecule has 1 N–H and O–H groups in total. The van der Waals surface area contributed by atoms with Gasteiger partial charge in [-0.1, -0.05) is 6.92 Å². The number of Topliss-reactive ketones (excluding diaryl/α,β-unsaturated/α-hetero) is 1. The van der Waals surface area contributed by atoms with E-state index in [-0.39, 0.29) is 5.92 Å². The maximum Gasteiger partial charge on any atom is 0.142 e. The number of thiophene rings is 1. The van der Waals surface area contributed by atoms with Gasteiger partial charge in [-0.05, 0) is 40.5 Å². The first-order valence-electron chi connectivity index (χ1n) is 5.14. The molecule has 0 aromatic carbocycles. The molecular weight excluding hydrogens is 274 g/mol. The molecule has 2 rings (SSSR count). The van der Waals surface area contributed by atoms with Gasteiger partial charge in [-0.25, -0.2) is 0 Å². The Labute approximate surface area is 102 Å². The molecule has 2 heterocycles. The van der Waals surface area contributed by atoms with E-state index in [0.29, 0.717) is 18.1 Å². The van der Waals surface area contributed by atoms with Gasteiger partial charge in [0.25, 0.3) is 0 Å². The van der Waals surface area contributed by atoms with Crippen LogP contribution in [0.25, 0.3) is 0 Å². The first-order valence-corrected chi connectivity index (χ1v) is 6.75. The molecule has 1 aromatic heterocycles. The third kappa shape index (κ3) is 2.68. The minimum absolute atomic E-state index is 0.214. The highest BCUT2D eigenvalue weighted by atomic mass is 79.9. The van der Waals surface area contributed by atoms with Crippen LogP contribution in [0.1, 0.15) is 11.8 Å². The fraction of sp³-hybridized carbons (Fsp3) is 0.545. The second-order valence-electron chi connectivity index (χ2n) is 4.09. The minimum Gasteiger partial charge on any atom is -0.316 e. The van der Waals surface area contributed by atoms with Crippen molar-refractivity contribution in [1.82, 2.24) is 5.32 Å². The van der Waals surface area contributed by atoms with Gasteiger partial charge < -0.3 is 5.32 Å². The summed E-state index contributed by atoms with van der Waals surface area (Å²) in [5, 5.41) is 3.27. The van der Waals surface area contributed by atoms with E-state index >= 15 is 0 Å². The van der Waals surface area contributed by atoms with Crippen molar-refractivity contribution in [2.45, 2.75) is 13.3 Å². The summed E-state index contributed by atoms with van der Waals surface area (Å²) < 4.78 is 1.10. The molecule has 0 bridgehead atoms. The first-order chi connectivity index (χ1) is 7.16.